The fraction of sp³-hybridized carbons (Fsp3) is 0.174. The Morgan fingerprint density at radius 3 is 2.53 bits per heavy atom. The highest BCUT2D eigenvalue weighted by Crippen LogP contribution is 2.41. The molecule has 0 aliphatic heterocycles. The van der Waals surface area contributed by atoms with Crippen LogP contribution in [0.4, 0.5) is 5.69 Å². The van der Waals surface area contributed by atoms with Crippen molar-refractivity contribution in [1.29, 1.82) is 0 Å². The maximum atomic E-state index is 12.0. The standard InChI is InChI=1S/C23H23N5O2/c1-13-9-10-17(30-12-15-7-5-4-6-8-15)14(2)18(13)19-16-11-26-28(3)23(16)27-21(20(19)24)22(25)29/h4-11H,12,24H2,1-3H3,(H2,25,29). The lowest BCUT2D eigenvalue weighted by Gasteiger charge is -2.18. The van der Waals surface area contributed by atoms with Crippen LogP contribution in [-0.2, 0) is 13.7 Å². The highest BCUT2D eigenvalue weighted by atomic mass is 16.5. The van der Waals surface area contributed by atoms with Gasteiger partial charge in [-0.25, -0.2) is 4.98 Å². The molecule has 0 bridgehead atoms. The predicted octanol–water partition coefficient (Wildman–Crippen LogP) is 3.51. The molecule has 0 radical (unpaired) electrons. The lowest BCUT2D eigenvalue weighted by molar-refractivity contribution is 0.0997. The molecule has 2 aromatic carbocycles. The van der Waals surface area contributed by atoms with Crippen LogP contribution in [0, 0.1) is 13.8 Å². The van der Waals surface area contributed by atoms with Gasteiger partial charge in [0.2, 0.25) is 0 Å². The zero-order valence-electron chi connectivity index (χ0n) is 17.1. The quantitative estimate of drug-likeness (QED) is 0.532. The maximum Gasteiger partial charge on any atom is 0.269 e. The van der Waals surface area contributed by atoms with Gasteiger partial charge in [-0.05, 0) is 42.2 Å². The molecule has 1 amide bonds. The normalized spacial score (nSPS) is 11.0. The minimum absolute atomic E-state index is 0.0375. The Morgan fingerprint density at radius 1 is 1.10 bits per heavy atom. The van der Waals surface area contributed by atoms with Gasteiger partial charge in [-0.15, -0.1) is 0 Å². The molecule has 0 fully saturated rings. The summed E-state index contributed by atoms with van der Waals surface area (Å²) in [6, 6.07) is 13.9. The Bertz CT molecular complexity index is 1260. The van der Waals surface area contributed by atoms with Crippen LogP contribution in [0.5, 0.6) is 5.75 Å². The fourth-order valence-corrected chi connectivity index (χ4v) is 3.73. The maximum absolute atomic E-state index is 12.0. The van der Waals surface area contributed by atoms with Crippen molar-refractivity contribution in [3.63, 3.8) is 0 Å². The molecule has 30 heavy (non-hydrogen) atoms. The Hall–Kier alpha value is -3.87. The van der Waals surface area contributed by atoms with E-state index in [0.29, 0.717) is 17.8 Å². The number of anilines is 1. The van der Waals surface area contributed by atoms with E-state index in [-0.39, 0.29) is 11.4 Å². The van der Waals surface area contributed by atoms with E-state index in [9.17, 15) is 4.79 Å². The molecule has 0 atom stereocenters. The van der Waals surface area contributed by atoms with Crippen LogP contribution in [0.3, 0.4) is 0 Å². The van der Waals surface area contributed by atoms with E-state index in [1.54, 1.807) is 17.9 Å². The molecule has 7 nitrogen and oxygen atoms in total. The topological polar surface area (TPSA) is 109 Å². The number of fused-ring (bicyclic) bond motifs is 1. The summed E-state index contributed by atoms with van der Waals surface area (Å²) in [5.74, 6) is 0.0666. The Labute approximate surface area is 174 Å². The van der Waals surface area contributed by atoms with Crippen LogP contribution < -0.4 is 16.2 Å². The largest absolute Gasteiger partial charge is 0.489 e. The molecule has 0 saturated heterocycles. The second-order valence-electron chi connectivity index (χ2n) is 7.27. The molecule has 4 N–H and O–H groups in total. The minimum atomic E-state index is -0.677. The number of benzene rings is 2. The van der Waals surface area contributed by atoms with Crippen LogP contribution in [0.15, 0.2) is 48.7 Å². The molecule has 0 aliphatic carbocycles. The van der Waals surface area contributed by atoms with Gasteiger partial charge in [-0.2, -0.15) is 5.10 Å². The number of primary amides is 1. The van der Waals surface area contributed by atoms with Crippen LogP contribution in [0.25, 0.3) is 22.2 Å². The van der Waals surface area contributed by atoms with Gasteiger partial charge in [-0.1, -0.05) is 36.4 Å². The summed E-state index contributed by atoms with van der Waals surface area (Å²) in [4.78, 5) is 16.4. The van der Waals surface area contributed by atoms with Gasteiger partial charge in [0.05, 0.1) is 11.9 Å². The molecule has 0 aliphatic rings. The minimum Gasteiger partial charge on any atom is -0.489 e. The van der Waals surface area contributed by atoms with Crippen LogP contribution in [0.2, 0.25) is 0 Å². The van der Waals surface area contributed by atoms with Crippen molar-refractivity contribution in [1.82, 2.24) is 14.8 Å². The van der Waals surface area contributed by atoms with Crippen molar-refractivity contribution < 1.29 is 9.53 Å². The van der Waals surface area contributed by atoms with Gasteiger partial charge >= 0.3 is 0 Å². The van der Waals surface area contributed by atoms with Gasteiger partial charge in [0.25, 0.3) is 5.91 Å². The number of nitrogen functional groups attached to an aromatic ring is 1. The fourth-order valence-electron chi connectivity index (χ4n) is 3.73. The van der Waals surface area contributed by atoms with Crippen molar-refractivity contribution >= 4 is 22.6 Å². The van der Waals surface area contributed by atoms with E-state index in [0.717, 1.165) is 33.4 Å². The van der Waals surface area contributed by atoms with E-state index in [1.807, 2.05) is 56.3 Å². The molecule has 0 saturated carbocycles. The molecule has 152 valence electrons. The van der Waals surface area contributed by atoms with Crippen LogP contribution in [-0.4, -0.2) is 20.7 Å². The predicted molar refractivity (Wildman–Crippen MR) is 117 cm³/mol. The molecule has 4 rings (SSSR count). The average Bonchev–Trinajstić information content (AvgIpc) is 3.09. The lowest BCUT2D eigenvalue weighted by Crippen LogP contribution is -2.17. The molecular formula is C23H23N5O2. The third-order valence-electron chi connectivity index (χ3n) is 5.26. The van der Waals surface area contributed by atoms with Crippen LogP contribution >= 0.6 is 0 Å². The van der Waals surface area contributed by atoms with E-state index < -0.39 is 5.91 Å². The number of hydrogen-bond acceptors (Lipinski definition) is 5. The number of hydrogen-bond donors (Lipinski definition) is 2. The number of aryl methyl sites for hydroxylation is 2. The third-order valence-corrected chi connectivity index (χ3v) is 5.26. The lowest BCUT2D eigenvalue weighted by atomic mass is 9.92. The second kappa shape index (κ2) is 7.51. The van der Waals surface area contributed by atoms with Crippen molar-refractivity contribution in [3.8, 4) is 16.9 Å². The molecule has 7 heteroatoms. The first-order valence-electron chi connectivity index (χ1n) is 9.56. The van der Waals surface area contributed by atoms with Crippen molar-refractivity contribution in [2.45, 2.75) is 20.5 Å². The zero-order valence-corrected chi connectivity index (χ0v) is 17.1. The number of rotatable bonds is 5. The van der Waals surface area contributed by atoms with Crippen molar-refractivity contribution in [2.24, 2.45) is 12.8 Å². The first-order valence-corrected chi connectivity index (χ1v) is 9.56. The molecule has 4 aromatic rings. The number of carbonyl (C=O) groups is 1. The van der Waals surface area contributed by atoms with E-state index in [2.05, 4.69) is 10.1 Å². The molecular weight excluding hydrogens is 378 g/mol. The van der Waals surface area contributed by atoms with Gasteiger partial charge in [0.1, 0.15) is 12.4 Å². The van der Waals surface area contributed by atoms with Crippen molar-refractivity contribution in [2.75, 3.05) is 5.73 Å². The molecule has 2 aromatic heterocycles. The average molecular weight is 401 g/mol. The highest BCUT2D eigenvalue weighted by Gasteiger charge is 2.23. The van der Waals surface area contributed by atoms with E-state index >= 15 is 0 Å². The Kier molecular flexibility index (Phi) is 4.87. The summed E-state index contributed by atoms with van der Waals surface area (Å²) in [5.41, 5.74) is 17.4. The number of ether oxygens (including phenoxy) is 1. The van der Waals surface area contributed by atoms with Gasteiger partial charge in [-0.3, -0.25) is 9.48 Å². The summed E-state index contributed by atoms with van der Waals surface area (Å²) in [6.07, 6.45) is 1.70. The van der Waals surface area contributed by atoms with Crippen molar-refractivity contribution in [3.05, 3.63) is 71.0 Å². The number of pyridine rings is 1. The number of nitrogens with two attached hydrogens (primary N) is 2. The zero-order chi connectivity index (χ0) is 21.4. The third kappa shape index (κ3) is 3.24. The van der Waals surface area contributed by atoms with E-state index in [1.165, 1.54) is 0 Å². The monoisotopic (exact) mass is 401 g/mol. The summed E-state index contributed by atoms with van der Waals surface area (Å²) in [5, 5.41) is 5.05. The molecule has 0 spiro atoms. The SMILES string of the molecule is Cc1ccc(OCc2ccccc2)c(C)c1-c1c(N)c(C(N)=O)nc2c1cnn2C. The Balaban J connectivity index is 1.89. The smallest absolute Gasteiger partial charge is 0.269 e. The highest BCUT2D eigenvalue weighted by molar-refractivity contribution is 6.08. The van der Waals surface area contributed by atoms with Gasteiger partial charge < -0.3 is 16.2 Å². The number of aromatic nitrogens is 3. The van der Waals surface area contributed by atoms with Gasteiger partial charge in [0, 0.05) is 18.0 Å². The number of amides is 1. The first-order chi connectivity index (χ1) is 14.4. The summed E-state index contributed by atoms with van der Waals surface area (Å²) in [7, 11) is 1.76. The first kappa shape index (κ1) is 19.4. The summed E-state index contributed by atoms with van der Waals surface area (Å²) >= 11 is 0. The summed E-state index contributed by atoms with van der Waals surface area (Å²) < 4.78 is 7.71. The van der Waals surface area contributed by atoms with Crippen LogP contribution in [0.1, 0.15) is 27.2 Å². The second-order valence-corrected chi connectivity index (χ2v) is 7.27. The summed E-state index contributed by atoms with van der Waals surface area (Å²) in [6.45, 7) is 4.43. The van der Waals surface area contributed by atoms with Gasteiger partial charge in [0.15, 0.2) is 11.3 Å². The molecule has 0 unspecified atom stereocenters. The number of carbonyl (C=O) groups excluding carboxylic acids is 1. The molecule has 2 heterocycles. The number of nitrogens with zero attached hydrogens (tertiary/aromatic N) is 3. The Morgan fingerprint density at radius 2 is 1.83 bits per heavy atom. The van der Waals surface area contributed by atoms with E-state index in [4.69, 9.17) is 16.2 Å².